The fourth-order valence-electron chi connectivity index (χ4n) is 2.65. The molecule has 0 atom stereocenters. The molecule has 2 aromatic carbocycles. The van der Waals surface area contributed by atoms with Gasteiger partial charge in [-0.15, -0.1) is 0 Å². The Morgan fingerprint density at radius 2 is 1.68 bits per heavy atom. The van der Waals surface area contributed by atoms with Gasteiger partial charge in [-0.25, -0.2) is 9.59 Å². The molecule has 3 aromatic rings. The predicted octanol–water partition coefficient (Wildman–Crippen LogP) is 4.52. The van der Waals surface area contributed by atoms with Crippen LogP contribution < -0.4 is 5.32 Å². The maximum absolute atomic E-state index is 12.2. The van der Waals surface area contributed by atoms with E-state index in [-0.39, 0.29) is 21.8 Å². The van der Waals surface area contributed by atoms with Crippen molar-refractivity contribution >= 4 is 63.7 Å². The first-order valence-electron chi connectivity index (χ1n) is 7.82. The molecule has 0 saturated heterocycles. The van der Waals surface area contributed by atoms with Crippen LogP contribution in [0, 0.1) is 0 Å². The molecule has 0 radical (unpaired) electrons. The van der Waals surface area contributed by atoms with Gasteiger partial charge in [0.1, 0.15) is 5.69 Å². The van der Waals surface area contributed by atoms with Crippen LogP contribution in [0.5, 0.6) is 0 Å². The third-order valence-corrected chi connectivity index (χ3v) is 4.38. The molecule has 7 nitrogen and oxygen atoms in total. The predicted molar refractivity (Wildman–Crippen MR) is 106 cm³/mol. The van der Waals surface area contributed by atoms with Gasteiger partial charge in [0, 0.05) is 33.3 Å². The third kappa shape index (κ3) is 4.00. The Balaban J connectivity index is 1.89. The molecule has 0 unspecified atom stereocenters. The molecule has 0 bridgehead atoms. The second-order valence-electron chi connectivity index (χ2n) is 5.73. The summed E-state index contributed by atoms with van der Waals surface area (Å²) in [5.74, 6) is -2.82. The van der Waals surface area contributed by atoms with E-state index in [4.69, 9.17) is 28.3 Å². The number of amides is 1. The van der Waals surface area contributed by atoms with Crippen molar-refractivity contribution in [1.29, 1.82) is 0 Å². The Labute approximate surface area is 168 Å². The van der Waals surface area contributed by atoms with Gasteiger partial charge in [0.15, 0.2) is 0 Å². The molecule has 0 aliphatic rings. The summed E-state index contributed by atoms with van der Waals surface area (Å²) < 4.78 is 0. The van der Waals surface area contributed by atoms with Crippen LogP contribution in [0.15, 0.2) is 42.5 Å². The number of benzene rings is 2. The van der Waals surface area contributed by atoms with Gasteiger partial charge in [0.05, 0.1) is 10.6 Å². The van der Waals surface area contributed by atoms with Gasteiger partial charge in [0.25, 0.3) is 0 Å². The first kappa shape index (κ1) is 19.5. The van der Waals surface area contributed by atoms with Crippen LogP contribution in [-0.2, 0) is 4.79 Å². The summed E-state index contributed by atoms with van der Waals surface area (Å²) in [5.41, 5.74) is 1.02. The number of hydrogen-bond donors (Lipinski definition) is 4. The van der Waals surface area contributed by atoms with Crippen LogP contribution in [0.2, 0.25) is 10.0 Å². The Kier molecular flexibility index (Phi) is 5.39. The van der Waals surface area contributed by atoms with E-state index in [0.717, 1.165) is 6.08 Å². The molecule has 4 N–H and O–H groups in total. The Morgan fingerprint density at radius 3 is 2.29 bits per heavy atom. The van der Waals surface area contributed by atoms with Crippen LogP contribution in [0.25, 0.3) is 17.0 Å². The zero-order valence-electron chi connectivity index (χ0n) is 14.0. The Hall–Kier alpha value is -3.29. The number of aromatic nitrogens is 1. The van der Waals surface area contributed by atoms with Gasteiger partial charge in [-0.2, -0.15) is 0 Å². The molecular weight excluding hydrogens is 407 g/mol. The minimum Gasteiger partial charge on any atom is -0.478 e. The monoisotopic (exact) mass is 418 g/mol. The van der Waals surface area contributed by atoms with Gasteiger partial charge in [-0.1, -0.05) is 23.2 Å². The largest absolute Gasteiger partial charge is 0.478 e. The third-order valence-electron chi connectivity index (χ3n) is 3.87. The normalized spacial score (nSPS) is 11.1. The van der Waals surface area contributed by atoms with Crippen LogP contribution in [0.4, 0.5) is 5.69 Å². The number of anilines is 1. The van der Waals surface area contributed by atoms with E-state index in [1.165, 1.54) is 42.5 Å². The number of nitrogens with one attached hydrogen (secondary N) is 2. The van der Waals surface area contributed by atoms with Gasteiger partial charge >= 0.3 is 11.9 Å². The lowest BCUT2D eigenvalue weighted by Crippen LogP contribution is -2.08. The van der Waals surface area contributed by atoms with Crippen molar-refractivity contribution in [3.63, 3.8) is 0 Å². The Bertz CT molecular complexity index is 1130. The number of H-pyrrole nitrogens is 1. The summed E-state index contributed by atoms with van der Waals surface area (Å²) in [4.78, 5) is 37.2. The van der Waals surface area contributed by atoms with Crippen molar-refractivity contribution in [3.8, 4) is 0 Å². The second-order valence-corrected chi connectivity index (χ2v) is 6.58. The molecule has 28 heavy (non-hydrogen) atoms. The van der Waals surface area contributed by atoms with E-state index in [2.05, 4.69) is 10.3 Å². The number of aromatic carboxylic acids is 2. The zero-order chi connectivity index (χ0) is 20.4. The average Bonchev–Trinajstić information content (AvgIpc) is 2.99. The molecule has 0 saturated carbocycles. The summed E-state index contributed by atoms with van der Waals surface area (Å²) in [7, 11) is 0. The highest BCUT2D eigenvalue weighted by atomic mass is 35.5. The number of rotatable bonds is 5. The van der Waals surface area contributed by atoms with Gasteiger partial charge in [-0.05, 0) is 42.5 Å². The van der Waals surface area contributed by atoms with Crippen molar-refractivity contribution in [2.24, 2.45) is 0 Å². The molecule has 1 amide bonds. The summed E-state index contributed by atoms with van der Waals surface area (Å²) in [6.45, 7) is 0. The average molecular weight is 419 g/mol. The van der Waals surface area contributed by atoms with Crippen LogP contribution in [0.3, 0.4) is 0 Å². The van der Waals surface area contributed by atoms with E-state index >= 15 is 0 Å². The molecule has 1 aromatic heterocycles. The maximum atomic E-state index is 12.2. The minimum atomic E-state index is -1.22. The van der Waals surface area contributed by atoms with Gasteiger partial charge in [-0.3, -0.25) is 4.79 Å². The van der Waals surface area contributed by atoms with Crippen LogP contribution in [-0.4, -0.2) is 33.0 Å². The lowest BCUT2D eigenvalue weighted by molar-refractivity contribution is -0.111. The molecule has 1 heterocycles. The minimum absolute atomic E-state index is 0.0896. The fraction of sp³-hybridized carbons (Fsp3) is 0. The molecule has 0 fully saturated rings. The molecule has 0 aliphatic carbocycles. The first-order valence-corrected chi connectivity index (χ1v) is 8.58. The summed E-state index contributed by atoms with van der Waals surface area (Å²) in [6, 6.07) is 8.62. The topological polar surface area (TPSA) is 119 Å². The molecular formula is C19H12Cl2N2O5. The highest BCUT2D eigenvalue weighted by Crippen LogP contribution is 2.33. The van der Waals surface area contributed by atoms with Crippen molar-refractivity contribution in [1.82, 2.24) is 4.98 Å². The standard InChI is InChI=1S/C19H12Cl2N2O5/c20-10-7-13(21)16-12(17(19(27)28)23-14(16)8-10)5-6-15(24)22-11-3-1-9(2-4-11)18(25)26/h1-8,23H,(H,22,24)(H,25,26)(H,27,28)/b6-5+. The first-order chi connectivity index (χ1) is 13.3. The number of carbonyl (C=O) groups excluding carboxylic acids is 1. The molecule has 142 valence electrons. The highest BCUT2D eigenvalue weighted by molar-refractivity contribution is 6.39. The van der Waals surface area contributed by atoms with Gasteiger partial charge in [0.2, 0.25) is 5.91 Å². The van der Waals surface area contributed by atoms with Crippen molar-refractivity contribution in [2.75, 3.05) is 5.32 Å². The molecule has 0 spiro atoms. The van der Waals surface area contributed by atoms with Crippen LogP contribution >= 0.6 is 23.2 Å². The molecule has 3 rings (SSSR count). The zero-order valence-corrected chi connectivity index (χ0v) is 15.5. The van der Waals surface area contributed by atoms with Crippen LogP contribution in [0.1, 0.15) is 26.4 Å². The Morgan fingerprint density at radius 1 is 1.00 bits per heavy atom. The summed E-state index contributed by atoms with van der Waals surface area (Å²) in [5, 5.41) is 21.9. The van der Waals surface area contributed by atoms with Crippen molar-refractivity contribution in [2.45, 2.75) is 0 Å². The lowest BCUT2D eigenvalue weighted by atomic mass is 10.1. The number of aromatic amines is 1. The SMILES string of the molecule is O=C(/C=C/c1c(C(=O)O)[nH]c2cc(Cl)cc(Cl)c12)Nc1ccc(C(=O)O)cc1. The number of carbonyl (C=O) groups is 3. The number of carboxylic acids is 2. The van der Waals surface area contributed by atoms with Crippen molar-refractivity contribution in [3.05, 3.63) is 69.3 Å². The van der Waals surface area contributed by atoms with E-state index in [0.29, 0.717) is 21.6 Å². The van der Waals surface area contributed by atoms with Crippen molar-refractivity contribution < 1.29 is 24.6 Å². The maximum Gasteiger partial charge on any atom is 0.352 e. The quantitative estimate of drug-likeness (QED) is 0.454. The van der Waals surface area contributed by atoms with E-state index in [9.17, 15) is 19.5 Å². The highest BCUT2D eigenvalue weighted by Gasteiger charge is 2.18. The number of hydrogen-bond acceptors (Lipinski definition) is 3. The summed E-state index contributed by atoms with van der Waals surface area (Å²) >= 11 is 12.1. The van der Waals surface area contributed by atoms with E-state index in [1.807, 2.05) is 0 Å². The fourth-order valence-corrected chi connectivity index (χ4v) is 3.24. The molecule has 0 aliphatic heterocycles. The lowest BCUT2D eigenvalue weighted by Gasteiger charge is -2.03. The molecule has 9 heteroatoms. The smallest absolute Gasteiger partial charge is 0.352 e. The number of fused-ring (bicyclic) bond motifs is 1. The van der Waals surface area contributed by atoms with Gasteiger partial charge < -0.3 is 20.5 Å². The van der Waals surface area contributed by atoms with E-state index < -0.39 is 17.8 Å². The summed E-state index contributed by atoms with van der Waals surface area (Å²) in [6.07, 6.45) is 2.49. The number of halogens is 2. The van der Waals surface area contributed by atoms with E-state index in [1.54, 1.807) is 0 Å². The number of carboxylic acid groups (broad SMARTS) is 2. The second kappa shape index (κ2) is 7.75.